The summed E-state index contributed by atoms with van der Waals surface area (Å²) in [7, 11) is 1.55. The monoisotopic (exact) mass is 252 g/mol. The highest BCUT2D eigenvalue weighted by atomic mass is 16.5. The summed E-state index contributed by atoms with van der Waals surface area (Å²) in [5, 5.41) is 9.06. The maximum atomic E-state index is 11.1. The third kappa shape index (κ3) is 3.65. The molecule has 0 fully saturated rings. The van der Waals surface area contributed by atoms with Crippen molar-refractivity contribution in [2.24, 2.45) is 0 Å². The van der Waals surface area contributed by atoms with Gasteiger partial charge in [-0.05, 0) is 30.5 Å². The lowest BCUT2D eigenvalue weighted by atomic mass is 10.1. The SMILES string of the molecule is CCCC(Oc1ccc(CC)cc1OC)C(=O)O. The molecule has 1 aromatic rings. The van der Waals surface area contributed by atoms with Gasteiger partial charge in [0, 0.05) is 0 Å². The van der Waals surface area contributed by atoms with Gasteiger partial charge in [-0.25, -0.2) is 4.79 Å². The maximum Gasteiger partial charge on any atom is 0.344 e. The molecule has 4 nitrogen and oxygen atoms in total. The van der Waals surface area contributed by atoms with Crippen molar-refractivity contribution in [1.29, 1.82) is 0 Å². The number of benzene rings is 1. The molecule has 18 heavy (non-hydrogen) atoms. The van der Waals surface area contributed by atoms with Crippen molar-refractivity contribution < 1.29 is 19.4 Å². The van der Waals surface area contributed by atoms with Crippen molar-refractivity contribution in [2.75, 3.05) is 7.11 Å². The van der Waals surface area contributed by atoms with E-state index in [0.717, 1.165) is 18.4 Å². The lowest BCUT2D eigenvalue weighted by molar-refractivity contribution is -0.145. The molecule has 0 spiro atoms. The number of hydrogen-bond donors (Lipinski definition) is 1. The number of carboxylic acids is 1. The Morgan fingerprint density at radius 3 is 2.56 bits per heavy atom. The molecule has 0 bridgehead atoms. The van der Waals surface area contributed by atoms with Crippen molar-refractivity contribution in [1.82, 2.24) is 0 Å². The van der Waals surface area contributed by atoms with E-state index in [-0.39, 0.29) is 0 Å². The molecule has 1 N–H and O–H groups in total. The fraction of sp³-hybridized carbons (Fsp3) is 0.500. The maximum absolute atomic E-state index is 11.1. The second-order valence-electron chi connectivity index (χ2n) is 4.07. The largest absolute Gasteiger partial charge is 0.493 e. The molecule has 1 aromatic carbocycles. The van der Waals surface area contributed by atoms with Crippen LogP contribution in [0.1, 0.15) is 32.3 Å². The van der Waals surface area contributed by atoms with E-state index in [4.69, 9.17) is 14.6 Å². The van der Waals surface area contributed by atoms with Crippen LogP contribution >= 0.6 is 0 Å². The standard InChI is InChI=1S/C14H20O4/c1-4-6-12(14(15)16)18-11-8-7-10(5-2)9-13(11)17-3/h7-9,12H,4-6H2,1-3H3,(H,15,16). The number of carbonyl (C=O) groups is 1. The second-order valence-corrected chi connectivity index (χ2v) is 4.07. The smallest absolute Gasteiger partial charge is 0.344 e. The van der Waals surface area contributed by atoms with Gasteiger partial charge in [-0.2, -0.15) is 0 Å². The lowest BCUT2D eigenvalue weighted by Crippen LogP contribution is -2.26. The summed E-state index contributed by atoms with van der Waals surface area (Å²) in [6, 6.07) is 5.56. The fourth-order valence-corrected chi connectivity index (χ4v) is 1.68. The van der Waals surface area contributed by atoms with Gasteiger partial charge in [0.1, 0.15) is 0 Å². The topological polar surface area (TPSA) is 55.8 Å². The first kappa shape index (κ1) is 14.4. The molecule has 100 valence electrons. The Morgan fingerprint density at radius 1 is 1.33 bits per heavy atom. The first-order valence-electron chi connectivity index (χ1n) is 6.18. The van der Waals surface area contributed by atoms with Gasteiger partial charge in [-0.3, -0.25) is 0 Å². The molecule has 1 rings (SSSR count). The average Bonchev–Trinajstić information content (AvgIpc) is 2.38. The Hall–Kier alpha value is -1.71. The highest BCUT2D eigenvalue weighted by molar-refractivity contribution is 5.72. The summed E-state index contributed by atoms with van der Waals surface area (Å²) in [5.74, 6) is 0.116. The number of rotatable bonds is 7. The minimum Gasteiger partial charge on any atom is -0.493 e. The summed E-state index contributed by atoms with van der Waals surface area (Å²) >= 11 is 0. The minimum absolute atomic E-state index is 0.480. The van der Waals surface area contributed by atoms with Crippen molar-refractivity contribution in [2.45, 2.75) is 39.2 Å². The average molecular weight is 252 g/mol. The van der Waals surface area contributed by atoms with Gasteiger partial charge in [0.2, 0.25) is 0 Å². The van der Waals surface area contributed by atoms with Crippen LogP contribution in [-0.2, 0) is 11.2 Å². The van der Waals surface area contributed by atoms with Gasteiger partial charge in [0.25, 0.3) is 0 Å². The van der Waals surface area contributed by atoms with Crippen LogP contribution in [0.5, 0.6) is 11.5 Å². The predicted molar refractivity (Wildman–Crippen MR) is 69.3 cm³/mol. The number of carboxylic acid groups (broad SMARTS) is 1. The Bertz CT molecular complexity index is 401. The van der Waals surface area contributed by atoms with Gasteiger partial charge >= 0.3 is 5.97 Å². The molecular formula is C14H20O4. The third-order valence-electron chi connectivity index (χ3n) is 2.73. The highest BCUT2D eigenvalue weighted by Gasteiger charge is 2.20. The summed E-state index contributed by atoms with van der Waals surface area (Å²) in [6.07, 6.45) is 1.31. The Labute approximate surface area is 108 Å². The van der Waals surface area contributed by atoms with Crippen molar-refractivity contribution >= 4 is 5.97 Å². The van der Waals surface area contributed by atoms with Gasteiger partial charge in [0.05, 0.1) is 7.11 Å². The molecule has 0 radical (unpaired) electrons. The van der Waals surface area contributed by atoms with E-state index in [1.54, 1.807) is 13.2 Å². The van der Waals surface area contributed by atoms with Crippen molar-refractivity contribution in [3.05, 3.63) is 23.8 Å². The Kier molecular flexibility index (Phi) is 5.49. The van der Waals surface area contributed by atoms with Gasteiger partial charge in [-0.1, -0.05) is 26.3 Å². The van der Waals surface area contributed by atoms with E-state index in [1.807, 2.05) is 26.0 Å². The summed E-state index contributed by atoms with van der Waals surface area (Å²) < 4.78 is 10.7. The van der Waals surface area contributed by atoms with Crippen LogP contribution in [0.25, 0.3) is 0 Å². The van der Waals surface area contributed by atoms with E-state index in [1.165, 1.54) is 0 Å². The normalized spacial score (nSPS) is 11.9. The summed E-state index contributed by atoms with van der Waals surface area (Å²) in [6.45, 7) is 3.98. The molecule has 4 heteroatoms. The number of methoxy groups -OCH3 is 1. The van der Waals surface area contributed by atoms with Crippen LogP contribution in [0.2, 0.25) is 0 Å². The molecule has 0 heterocycles. The quantitative estimate of drug-likeness (QED) is 0.810. The van der Waals surface area contributed by atoms with Gasteiger partial charge in [-0.15, -0.1) is 0 Å². The number of ether oxygens (including phenoxy) is 2. The van der Waals surface area contributed by atoms with Crippen molar-refractivity contribution in [3.8, 4) is 11.5 Å². The van der Waals surface area contributed by atoms with Crippen molar-refractivity contribution in [3.63, 3.8) is 0 Å². The van der Waals surface area contributed by atoms with Crippen LogP contribution < -0.4 is 9.47 Å². The second kappa shape index (κ2) is 6.89. The Balaban J connectivity index is 2.91. The van der Waals surface area contributed by atoms with Crippen LogP contribution in [0.3, 0.4) is 0 Å². The number of aryl methyl sites for hydroxylation is 1. The van der Waals surface area contributed by atoms with Crippen LogP contribution in [0.15, 0.2) is 18.2 Å². The predicted octanol–water partition coefficient (Wildman–Crippen LogP) is 2.89. The van der Waals surface area contributed by atoms with Crippen LogP contribution in [-0.4, -0.2) is 24.3 Å². The molecule has 0 saturated carbocycles. The van der Waals surface area contributed by atoms with Crippen LogP contribution in [0, 0.1) is 0 Å². The minimum atomic E-state index is -0.946. The molecule has 0 aliphatic rings. The summed E-state index contributed by atoms with van der Waals surface area (Å²) in [5.41, 5.74) is 1.13. The van der Waals surface area contributed by atoms with E-state index in [9.17, 15) is 4.79 Å². The molecule has 0 amide bonds. The molecule has 0 aliphatic heterocycles. The van der Waals surface area contributed by atoms with E-state index in [2.05, 4.69) is 0 Å². The molecule has 0 aliphatic carbocycles. The highest BCUT2D eigenvalue weighted by Crippen LogP contribution is 2.29. The fourth-order valence-electron chi connectivity index (χ4n) is 1.68. The van der Waals surface area contributed by atoms with Crippen LogP contribution in [0.4, 0.5) is 0 Å². The molecule has 1 atom stereocenters. The zero-order valence-electron chi connectivity index (χ0n) is 11.1. The number of aliphatic carboxylic acids is 1. The lowest BCUT2D eigenvalue weighted by Gasteiger charge is -2.17. The van der Waals surface area contributed by atoms with Gasteiger partial charge < -0.3 is 14.6 Å². The molecule has 1 unspecified atom stereocenters. The summed E-state index contributed by atoms with van der Waals surface area (Å²) in [4.78, 5) is 11.1. The van der Waals surface area contributed by atoms with E-state index in [0.29, 0.717) is 17.9 Å². The Morgan fingerprint density at radius 2 is 2.06 bits per heavy atom. The molecule has 0 saturated heterocycles. The zero-order valence-corrected chi connectivity index (χ0v) is 11.1. The molecular weight excluding hydrogens is 232 g/mol. The first-order valence-corrected chi connectivity index (χ1v) is 6.18. The van der Waals surface area contributed by atoms with Gasteiger partial charge in [0.15, 0.2) is 17.6 Å². The zero-order chi connectivity index (χ0) is 13.5. The molecule has 0 aromatic heterocycles. The number of hydrogen-bond acceptors (Lipinski definition) is 3. The van der Waals surface area contributed by atoms with E-state index >= 15 is 0 Å². The van der Waals surface area contributed by atoms with E-state index < -0.39 is 12.1 Å². The first-order chi connectivity index (χ1) is 8.62. The third-order valence-corrected chi connectivity index (χ3v) is 2.73.